The molecule has 1 unspecified atom stereocenters. The van der Waals surface area contributed by atoms with Crippen molar-refractivity contribution in [2.24, 2.45) is 0 Å². The third-order valence-corrected chi connectivity index (χ3v) is 2.45. The van der Waals surface area contributed by atoms with Crippen molar-refractivity contribution >= 4 is 11.9 Å². The van der Waals surface area contributed by atoms with E-state index in [4.69, 9.17) is 4.74 Å². The predicted molar refractivity (Wildman–Crippen MR) is 74.2 cm³/mol. The number of nitrogens with one attached hydrogen (secondary N) is 1. The molecule has 0 aromatic heterocycles. The Morgan fingerprint density at radius 3 is 2.26 bits per heavy atom. The lowest BCUT2D eigenvalue weighted by Crippen LogP contribution is -2.43. The van der Waals surface area contributed by atoms with E-state index in [0.717, 1.165) is 0 Å². The van der Waals surface area contributed by atoms with Crippen molar-refractivity contribution in [3.05, 3.63) is 35.9 Å². The Bertz CT molecular complexity index is 434. The first-order valence-corrected chi connectivity index (χ1v) is 6.41. The van der Waals surface area contributed by atoms with Crippen LogP contribution in [0.4, 0.5) is 4.79 Å². The molecule has 1 N–H and O–H groups in total. The third kappa shape index (κ3) is 5.12. The molecule has 0 aliphatic carbocycles. The summed E-state index contributed by atoms with van der Waals surface area (Å²) in [5.74, 6) is -0.174. The van der Waals surface area contributed by atoms with E-state index in [2.05, 4.69) is 5.32 Å². The Morgan fingerprint density at radius 2 is 1.79 bits per heavy atom. The van der Waals surface area contributed by atoms with E-state index in [-0.39, 0.29) is 11.3 Å². The molecule has 0 radical (unpaired) electrons. The Balaban J connectivity index is 2.69. The van der Waals surface area contributed by atoms with Crippen LogP contribution in [0, 0.1) is 0 Å². The molecule has 4 heteroatoms. The monoisotopic (exact) mass is 263 g/mol. The molecule has 0 heterocycles. The van der Waals surface area contributed by atoms with Gasteiger partial charge in [0.05, 0.1) is 0 Å². The zero-order valence-corrected chi connectivity index (χ0v) is 11.9. The zero-order chi connectivity index (χ0) is 14.5. The van der Waals surface area contributed by atoms with Crippen molar-refractivity contribution in [2.75, 3.05) is 0 Å². The highest BCUT2D eigenvalue weighted by Crippen LogP contribution is 2.10. The summed E-state index contributed by atoms with van der Waals surface area (Å²) in [4.78, 5) is 23.9. The van der Waals surface area contributed by atoms with Crippen molar-refractivity contribution in [1.82, 2.24) is 5.32 Å². The summed E-state index contributed by atoms with van der Waals surface area (Å²) < 4.78 is 5.19. The van der Waals surface area contributed by atoms with E-state index in [1.807, 2.05) is 33.8 Å². The van der Waals surface area contributed by atoms with Crippen LogP contribution in [0.1, 0.15) is 44.5 Å². The summed E-state index contributed by atoms with van der Waals surface area (Å²) >= 11 is 0. The van der Waals surface area contributed by atoms with Crippen LogP contribution >= 0.6 is 0 Å². The van der Waals surface area contributed by atoms with Crippen molar-refractivity contribution in [1.29, 1.82) is 0 Å². The van der Waals surface area contributed by atoms with Gasteiger partial charge in [0.15, 0.2) is 6.10 Å². The number of rotatable bonds is 4. The minimum Gasteiger partial charge on any atom is -0.438 e. The van der Waals surface area contributed by atoms with E-state index >= 15 is 0 Å². The van der Waals surface area contributed by atoms with Gasteiger partial charge >= 0.3 is 6.09 Å². The first-order chi connectivity index (χ1) is 8.83. The van der Waals surface area contributed by atoms with Crippen LogP contribution in [0.15, 0.2) is 30.3 Å². The van der Waals surface area contributed by atoms with Gasteiger partial charge in [0, 0.05) is 11.1 Å². The van der Waals surface area contributed by atoms with Gasteiger partial charge in [-0.25, -0.2) is 4.79 Å². The molecule has 0 fully saturated rings. The lowest BCUT2D eigenvalue weighted by atomic mass is 10.0. The SMILES string of the molecule is CCC(OC(=O)NC(C)(C)C)C(=O)c1ccccc1. The molecular weight excluding hydrogens is 242 g/mol. The van der Waals surface area contributed by atoms with Crippen LogP contribution in [-0.2, 0) is 4.74 Å². The predicted octanol–water partition coefficient (Wildman–Crippen LogP) is 3.17. The zero-order valence-electron chi connectivity index (χ0n) is 11.9. The molecule has 0 aliphatic heterocycles. The van der Waals surface area contributed by atoms with Crippen molar-refractivity contribution < 1.29 is 14.3 Å². The van der Waals surface area contributed by atoms with Gasteiger partial charge in [0.25, 0.3) is 0 Å². The number of ether oxygens (including phenoxy) is 1. The van der Waals surface area contributed by atoms with E-state index in [0.29, 0.717) is 12.0 Å². The quantitative estimate of drug-likeness (QED) is 0.849. The number of carbonyl (C=O) groups is 2. The Morgan fingerprint density at radius 1 is 1.21 bits per heavy atom. The summed E-state index contributed by atoms with van der Waals surface area (Å²) in [6, 6.07) is 8.85. The topological polar surface area (TPSA) is 55.4 Å². The smallest absolute Gasteiger partial charge is 0.408 e. The number of ketones is 1. The molecule has 1 atom stereocenters. The number of alkyl carbamates (subject to hydrolysis) is 1. The van der Waals surface area contributed by atoms with Crippen molar-refractivity contribution in [2.45, 2.75) is 45.8 Å². The van der Waals surface area contributed by atoms with Gasteiger partial charge in [-0.15, -0.1) is 0 Å². The second-order valence-electron chi connectivity index (χ2n) is 5.41. The lowest BCUT2D eigenvalue weighted by molar-refractivity contribution is 0.0600. The summed E-state index contributed by atoms with van der Waals surface area (Å²) in [6.07, 6.45) is -0.862. The number of amides is 1. The van der Waals surface area contributed by atoms with Crippen LogP contribution < -0.4 is 5.32 Å². The molecule has 4 nitrogen and oxygen atoms in total. The van der Waals surface area contributed by atoms with Gasteiger partial charge in [-0.2, -0.15) is 0 Å². The largest absolute Gasteiger partial charge is 0.438 e. The van der Waals surface area contributed by atoms with Crippen molar-refractivity contribution in [3.8, 4) is 0 Å². The lowest BCUT2D eigenvalue weighted by Gasteiger charge is -2.22. The molecule has 0 aliphatic rings. The van der Waals surface area contributed by atoms with Gasteiger partial charge in [-0.1, -0.05) is 37.3 Å². The first-order valence-electron chi connectivity index (χ1n) is 6.41. The number of benzene rings is 1. The second-order valence-corrected chi connectivity index (χ2v) is 5.41. The van der Waals surface area contributed by atoms with Gasteiger partial charge in [-0.3, -0.25) is 4.79 Å². The first kappa shape index (κ1) is 15.2. The Kier molecular flexibility index (Phi) is 5.10. The van der Waals surface area contributed by atoms with E-state index in [9.17, 15) is 9.59 Å². The summed E-state index contributed by atoms with van der Waals surface area (Å²) in [6.45, 7) is 7.38. The molecule has 0 bridgehead atoms. The van der Waals surface area contributed by atoms with Crippen LogP contribution in [0.2, 0.25) is 0 Å². The molecule has 0 saturated heterocycles. The fourth-order valence-corrected chi connectivity index (χ4v) is 1.58. The average Bonchev–Trinajstić information content (AvgIpc) is 2.34. The van der Waals surface area contributed by atoms with Crippen LogP contribution in [-0.4, -0.2) is 23.5 Å². The summed E-state index contributed by atoms with van der Waals surface area (Å²) in [5.41, 5.74) is 0.170. The molecule has 104 valence electrons. The summed E-state index contributed by atoms with van der Waals surface area (Å²) in [7, 11) is 0. The number of hydrogen-bond donors (Lipinski definition) is 1. The molecule has 0 saturated carbocycles. The maximum Gasteiger partial charge on any atom is 0.408 e. The van der Waals surface area contributed by atoms with Gasteiger partial charge < -0.3 is 10.1 Å². The summed E-state index contributed by atoms with van der Waals surface area (Å²) in [5, 5.41) is 2.68. The number of hydrogen-bond acceptors (Lipinski definition) is 3. The maximum absolute atomic E-state index is 12.2. The van der Waals surface area contributed by atoms with Crippen molar-refractivity contribution in [3.63, 3.8) is 0 Å². The molecule has 1 aromatic carbocycles. The second kappa shape index (κ2) is 6.36. The highest BCUT2D eigenvalue weighted by Gasteiger charge is 2.24. The molecule has 1 rings (SSSR count). The maximum atomic E-state index is 12.2. The van der Waals surface area contributed by atoms with Crippen LogP contribution in [0.25, 0.3) is 0 Å². The Labute approximate surface area is 114 Å². The standard InChI is InChI=1S/C15H21NO3/c1-5-12(19-14(18)16-15(2,3)4)13(17)11-9-7-6-8-10-11/h6-10,12H,5H2,1-4H3,(H,16,18). The van der Waals surface area contributed by atoms with E-state index < -0.39 is 12.2 Å². The number of Topliss-reactive ketones (excluding diaryl/α,β-unsaturated/α-hetero) is 1. The minimum absolute atomic E-state index is 0.174. The Hall–Kier alpha value is -1.84. The third-order valence-electron chi connectivity index (χ3n) is 2.45. The molecule has 0 spiro atoms. The fraction of sp³-hybridized carbons (Fsp3) is 0.467. The minimum atomic E-state index is -0.746. The van der Waals surface area contributed by atoms with Gasteiger partial charge in [-0.05, 0) is 27.2 Å². The molecular formula is C15H21NO3. The highest BCUT2D eigenvalue weighted by molar-refractivity contribution is 6.00. The normalized spacial score (nSPS) is 12.6. The average molecular weight is 263 g/mol. The van der Waals surface area contributed by atoms with Gasteiger partial charge in [0.1, 0.15) is 0 Å². The number of carbonyl (C=O) groups excluding carboxylic acids is 2. The van der Waals surface area contributed by atoms with Crippen LogP contribution in [0.3, 0.4) is 0 Å². The molecule has 19 heavy (non-hydrogen) atoms. The van der Waals surface area contributed by atoms with Gasteiger partial charge in [0.2, 0.25) is 5.78 Å². The fourth-order valence-electron chi connectivity index (χ4n) is 1.58. The van der Waals surface area contributed by atoms with E-state index in [1.165, 1.54) is 0 Å². The molecule has 1 aromatic rings. The molecule has 1 amide bonds. The van der Waals surface area contributed by atoms with Crippen LogP contribution in [0.5, 0.6) is 0 Å². The van der Waals surface area contributed by atoms with E-state index in [1.54, 1.807) is 24.3 Å². The highest BCUT2D eigenvalue weighted by atomic mass is 16.6.